The number of benzene rings is 1. The summed E-state index contributed by atoms with van der Waals surface area (Å²) in [6.07, 6.45) is 3.57. The molecule has 0 fully saturated rings. The van der Waals surface area contributed by atoms with E-state index in [4.69, 9.17) is 0 Å². The maximum absolute atomic E-state index is 12.1. The summed E-state index contributed by atoms with van der Waals surface area (Å²) in [6.45, 7) is 3.83. The molecule has 1 amide bonds. The molecule has 0 aliphatic rings. The van der Waals surface area contributed by atoms with E-state index in [0.717, 1.165) is 22.8 Å². The standard InChI is InChI=1S/C17H17N5OS/c1-12-9-13(2)20-17(19-12)24-11-16(23)21-14-5-3-6-15(10-14)22-8-4-7-18-22/h3-10H,11H2,1-2H3,(H,21,23). The van der Waals surface area contributed by atoms with Crippen LogP contribution in [0.1, 0.15) is 11.4 Å². The fourth-order valence-corrected chi connectivity index (χ4v) is 2.98. The monoisotopic (exact) mass is 339 g/mol. The number of amides is 1. The minimum absolute atomic E-state index is 0.0969. The van der Waals surface area contributed by atoms with Crippen LogP contribution in [0, 0.1) is 13.8 Å². The summed E-state index contributed by atoms with van der Waals surface area (Å²) in [7, 11) is 0. The Labute approximate surface area is 144 Å². The van der Waals surface area contributed by atoms with Gasteiger partial charge in [0.15, 0.2) is 5.16 Å². The number of hydrogen-bond acceptors (Lipinski definition) is 5. The summed E-state index contributed by atoms with van der Waals surface area (Å²) < 4.78 is 1.74. The van der Waals surface area contributed by atoms with Crippen LogP contribution in [0.3, 0.4) is 0 Å². The molecule has 122 valence electrons. The normalized spacial score (nSPS) is 10.6. The van der Waals surface area contributed by atoms with E-state index in [9.17, 15) is 4.79 Å². The molecule has 1 N–H and O–H groups in total. The summed E-state index contributed by atoms with van der Waals surface area (Å²) in [6, 6.07) is 11.3. The predicted octanol–water partition coefficient (Wildman–Crippen LogP) is 3.01. The van der Waals surface area contributed by atoms with Crippen molar-refractivity contribution in [2.24, 2.45) is 0 Å². The minimum atomic E-state index is -0.0969. The second-order valence-electron chi connectivity index (χ2n) is 5.27. The predicted molar refractivity (Wildman–Crippen MR) is 94.4 cm³/mol. The van der Waals surface area contributed by atoms with Crippen LogP contribution in [0.25, 0.3) is 5.69 Å². The molecule has 6 nitrogen and oxygen atoms in total. The van der Waals surface area contributed by atoms with Crippen molar-refractivity contribution in [3.8, 4) is 5.69 Å². The molecule has 0 unspecified atom stereocenters. The SMILES string of the molecule is Cc1cc(C)nc(SCC(=O)Nc2cccc(-n3cccn3)c2)n1. The summed E-state index contributed by atoms with van der Waals surface area (Å²) >= 11 is 1.33. The van der Waals surface area contributed by atoms with Gasteiger partial charge in [-0.1, -0.05) is 17.8 Å². The smallest absolute Gasteiger partial charge is 0.234 e. The first-order valence-corrected chi connectivity index (χ1v) is 8.44. The molecule has 0 radical (unpaired) electrons. The number of carbonyl (C=O) groups is 1. The van der Waals surface area contributed by atoms with Gasteiger partial charge < -0.3 is 5.32 Å². The molecule has 0 atom stereocenters. The largest absolute Gasteiger partial charge is 0.325 e. The van der Waals surface area contributed by atoms with Gasteiger partial charge in [0, 0.05) is 29.5 Å². The highest BCUT2D eigenvalue weighted by Crippen LogP contribution is 2.17. The Morgan fingerprint density at radius 1 is 1.17 bits per heavy atom. The quantitative estimate of drug-likeness (QED) is 0.571. The zero-order valence-electron chi connectivity index (χ0n) is 13.4. The third-order valence-electron chi connectivity index (χ3n) is 3.19. The third-order valence-corrected chi connectivity index (χ3v) is 4.04. The first-order chi connectivity index (χ1) is 11.6. The van der Waals surface area contributed by atoms with Crippen molar-refractivity contribution >= 4 is 23.4 Å². The van der Waals surface area contributed by atoms with Gasteiger partial charge in [0.05, 0.1) is 11.4 Å². The average molecular weight is 339 g/mol. The Morgan fingerprint density at radius 3 is 2.67 bits per heavy atom. The molecule has 0 aliphatic carbocycles. The van der Waals surface area contributed by atoms with E-state index in [0.29, 0.717) is 5.16 Å². The Morgan fingerprint density at radius 2 is 1.96 bits per heavy atom. The molecule has 0 aliphatic heterocycles. The summed E-state index contributed by atoms with van der Waals surface area (Å²) in [4.78, 5) is 20.8. The first kappa shape index (κ1) is 16.2. The summed E-state index contributed by atoms with van der Waals surface area (Å²) in [5.74, 6) is 0.162. The maximum Gasteiger partial charge on any atom is 0.234 e. The number of aryl methyl sites for hydroxylation is 2. The summed E-state index contributed by atoms with van der Waals surface area (Å²) in [5, 5.41) is 7.69. The fourth-order valence-electron chi connectivity index (χ4n) is 2.23. The molecule has 24 heavy (non-hydrogen) atoms. The number of hydrogen-bond donors (Lipinski definition) is 1. The van der Waals surface area contributed by atoms with Gasteiger partial charge in [0.25, 0.3) is 0 Å². The van der Waals surface area contributed by atoms with Crippen LogP contribution in [-0.2, 0) is 4.79 Å². The van der Waals surface area contributed by atoms with E-state index in [2.05, 4.69) is 20.4 Å². The lowest BCUT2D eigenvalue weighted by atomic mass is 10.3. The second-order valence-corrected chi connectivity index (χ2v) is 6.21. The van der Waals surface area contributed by atoms with E-state index in [1.807, 2.05) is 56.4 Å². The van der Waals surface area contributed by atoms with Crippen molar-refractivity contribution in [3.63, 3.8) is 0 Å². The van der Waals surface area contributed by atoms with Gasteiger partial charge in [-0.3, -0.25) is 4.79 Å². The lowest BCUT2D eigenvalue weighted by Gasteiger charge is -2.07. The Kier molecular flexibility index (Phi) is 4.90. The van der Waals surface area contributed by atoms with Crippen molar-refractivity contribution in [1.82, 2.24) is 19.7 Å². The molecule has 7 heteroatoms. The molecule has 0 saturated heterocycles. The van der Waals surface area contributed by atoms with Crippen LogP contribution in [0.15, 0.2) is 53.9 Å². The Bertz CT molecular complexity index is 828. The van der Waals surface area contributed by atoms with Crippen molar-refractivity contribution in [2.75, 3.05) is 11.1 Å². The van der Waals surface area contributed by atoms with Gasteiger partial charge in [-0.05, 0) is 44.2 Å². The minimum Gasteiger partial charge on any atom is -0.325 e. The van der Waals surface area contributed by atoms with E-state index in [1.165, 1.54) is 11.8 Å². The van der Waals surface area contributed by atoms with Gasteiger partial charge in [-0.15, -0.1) is 0 Å². The van der Waals surface area contributed by atoms with Crippen LogP contribution in [0.4, 0.5) is 5.69 Å². The van der Waals surface area contributed by atoms with Gasteiger partial charge in [-0.25, -0.2) is 14.6 Å². The van der Waals surface area contributed by atoms with Gasteiger partial charge >= 0.3 is 0 Å². The van der Waals surface area contributed by atoms with Crippen LogP contribution >= 0.6 is 11.8 Å². The number of anilines is 1. The van der Waals surface area contributed by atoms with Crippen molar-refractivity contribution in [2.45, 2.75) is 19.0 Å². The van der Waals surface area contributed by atoms with Gasteiger partial charge in [0.1, 0.15) is 0 Å². The molecule has 1 aromatic carbocycles. The van der Waals surface area contributed by atoms with Crippen LogP contribution in [-0.4, -0.2) is 31.4 Å². The van der Waals surface area contributed by atoms with Crippen molar-refractivity contribution in [3.05, 3.63) is 60.2 Å². The van der Waals surface area contributed by atoms with Gasteiger partial charge in [0.2, 0.25) is 5.91 Å². The molecule has 3 rings (SSSR count). The molecule has 2 heterocycles. The molecule has 0 saturated carbocycles. The average Bonchev–Trinajstić information content (AvgIpc) is 3.07. The molecular weight excluding hydrogens is 322 g/mol. The zero-order chi connectivity index (χ0) is 16.9. The van der Waals surface area contributed by atoms with E-state index in [-0.39, 0.29) is 11.7 Å². The Balaban J connectivity index is 1.62. The van der Waals surface area contributed by atoms with Crippen LogP contribution in [0.2, 0.25) is 0 Å². The third kappa shape index (κ3) is 4.20. The highest BCUT2D eigenvalue weighted by atomic mass is 32.2. The maximum atomic E-state index is 12.1. The zero-order valence-corrected chi connectivity index (χ0v) is 14.2. The molecule has 3 aromatic rings. The van der Waals surface area contributed by atoms with E-state index >= 15 is 0 Å². The van der Waals surface area contributed by atoms with Crippen LogP contribution in [0.5, 0.6) is 0 Å². The first-order valence-electron chi connectivity index (χ1n) is 7.45. The van der Waals surface area contributed by atoms with E-state index < -0.39 is 0 Å². The lowest BCUT2D eigenvalue weighted by molar-refractivity contribution is -0.113. The van der Waals surface area contributed by atoms with Crippen LogP contribution < -0.4 is 5.32 Å². The molecular formula is C17H17N5OS. The van der Waals surface area contributed by atoms with Crippen molar-refractivity contribution in [1.29, 1.82) is 0 Å². The lowest BCUT2D eigenvalue weighted by Crippen LogP contribution is -2.14. The number of rotatable bonds is 5. The number of nitrogens with one attached hydrogen (secondary N) is 1. The highest BCUT2D eigenvalue weighted by Gasteiger charge is 2.07. The fraction of sp³-hybridized carbons (Fsp3) is 0.176. The summed E-state index contributed by atoms with van der Waals surface area (Å²) in [5.41, 5.74) is 3.42. The van der Waals surface area contributed by atoms with E-state index in [1.54, 1.807) is 10.9 Å². The number of carbonyl (C=O) groups excluding carboxylic acids is 1. The van der Waals surface area contributed by atoms with Crippen molar-refractivity contribution < 1.29 is 4.79 Å². The molecule has 0 bridgehead atoms. The van der Waals surface area contributed by atoms with Gasteiger partial charge in [-0.2, -0.15) is 5.10 Å². The topological polar surface area (TPSA) is 72.7 Å². The highest BCUT2D eigenvalue weighted by molar-refractivity contribution is 7.99. The molecule has 0 spiro atoms. The number of nitrogens with zero attached hydrogens (tertiary/aromatic N) is 4. The Hall–Kier alpha value is -2.67. The number of aromatic nitrogens is 4. The second kappa shape index (κ2) is 7.27. The number of thioether (sulfide) groups is 1. The molecule has 2 aromatic heterocycles.